The summed E-state index contributed by atoms with van der Waals surface area (Å²) in [7, 11) is 0. The molecule has 0 fully saturated rings. The Hall–Kier alpha value is -2.68. The van der Waals surface area contributed by atoms with Crippen molar-refractivity contribution in [3.05, 3.63) is 78.4 Å². The van der Waals surface area contributed by atoms with Gasteiger partial charge in [0, 0.05) is 30.9 Å². The molecule has 200 valence electrons. The van der Waals surface area contributed by atoms with E-state index >= 15 is 0 Å². The summed E-state index contributed by atoms with van der Waals surface area (Å²) in [5, 5.41) is 0. The molecule has 0 amide bonds. The molecule has 0 unspecified atom stereocenters. The van der Waals surface area contributed by atoms with E-state index < -0.39 is 0 Å². The molecule has 0 atom stereocenters. The number of hydrogen-bond donors (Lipinski definition) is 0. The minimum atomic E-state index is 0.128. The Balaban J connectivity index is 1.25. The number of aromatic nitrogens is 2. The Morgan fingerprint density at radius 2 is 1.11 bits per heavy atom. The van der Waals surface area contributed by atoms with Crippen LogP contribution in [-0.4, -0.2) is 11.6 Å². The van der Waals surface area contributed by atoms with Crippen LogP contribution >= 0.6 is 0 Å². The maximum absolute atomic E-state index is 6.21. The third-order valence-corrected chi connectivity index (χ3v) is 7.12. The van der Waals surface area contributed by atoms with Crippen molar-refractivity contribution in [2.45, 2.75) is 110 Å². The van der Waals surface area contributed by atoms with Crippen molar-refractivity contribution < 1.29 is 9.30 Å². The molecule has 1 aromatic carbocycles. The fourth-order valence-corrected chi connectivity index (χ4v) is 4.54. The van der Waals surface area contributed by atoms with Crippen molar-refractivity contribution in [1.82, 2.24) is 4.98 Å². The summed E-state index contributed by atoms with van der Waals surface area (Å²) >= 11 is 0. The molecule has 37 heavy (non-hydrogen) atoms. The molecule has 0 radical (unpaired) electrons. The number of hydrogen-bond acceptors (Lipinski definition) is 2. The van der Waals surface area contributed by atoms with E-state index in [1.807, 2.05) is 12.4 Å². The molecule has 3 aromatic rings. The summed E-state index contributed by atoms with van der Waals surface area (Å²) in [5.74, 6) is 1.03. The first-order valence-corrected chi connectivity index (χ1v) is 14.3. The Morgan fingerprint density at radius 1 is 0.622 bits per heavy atom. The lowest BCUT2D eigenvalue weighted by atomic mass is 9.80. The lowest BCUT2D eigenvalue weighted by Gasteiger charge is -2.26. The van der Waals surface area contributed by atoms with E-state index in [0.717, 1.165) is 25.3 Å². The van der Waals surface area contributed by atoms with Gasteiger partial charge in [-0.3, -0.25) is 4.98 Å². The molecular formula is C34H49N2O+. The van der Waals surface area contributed by atoms with Gasteiger partial charge in [0.15, 0.2) is 12.4 Å². The quantitative estimate of drug-likeness (QED) is 0.173. The van der Waals surface area contributed by atoms with Gasteiger partial charge in [-0.25, -0.2) is 4.57 Å². The maximum atomic E-state index is 6.21. The van der Waals surface area contributed by atoms with Crippen molar-refractivity contribution >= 4 is 0 Å². The molecule has 0 bridgehead atoms. The van der Waals surface area contributed by atoms with E-state index in [1.54, 1.807) is 0 Å². The zero-order valence-electron chi connectivity index (χ0n) is 24.2. The van der Waals surface area contributed by atoms with Crippen LogP contribution in [0.4, 0.5) is 0 Å². The highest BCUT2D eigenvalue weighted by Crippen LogP contribution is 2.33. The molecule has 2 aromatic heterocycles. The van der Waals surface area contributed by atoms with Gasteiger partial charge in [0.1, 0.15) is 12.3 Å². The predicted octanol–water partition coefficient (Wildman–Crippen LogP) is 8.83. The van der Waals surface area contributed by atoms with Crippen LogP contribution in [0.25, 0.3) is 11.1 Å². The molecule has 2 heterocycles. The van der Waals surface area contributed by atoms with Crippen LogP contribution in [0.1, 0.15) is 104 Å². The summed E-state index contributed by atoms with van der Waals surface area (Å²) in [4.78, 5) is 4.10. The largest absolute Gasteiger partial charge is 0.494 e. The van der Waals surface area contributed by atoms with Crippen LogP contribution in [0.15, 0.2) is 67.3 Å². The van der Waals surface area contributed by atoms with Crippen LogP contribution in [0.3, 0.4) is 0 Å². The van der Waals surface area contributed by atoms with Gasteiger partial charge < -0.3 is 4.74 Å². The van der Waals surface area contributed by atoms with E-state index in [9.17, 15) is 0 Å². The fraction of sp³-hybridized carbons (Fsp3) is 0.529. The van der Waals surface area contributed by atoms with E-state index in [-0.39, 0.29) is 10.8 Å². The van der Waals surface area contributed by atoms with Crippen LogP contribution in [-0.2, 0) is 17.4 Å². The minimum absolute atomic E-state index is 0.128. The molecule has 0 aliphatic carbocycles. The van der Waals surface area contributed by atoms with E-state index in [2.05, 4.69) is 106 Å². The lowest BCUT2D eigenvalue weighted by Crippen LogP contribution is -2.32. The fourth-order valence-electron chi connectivity index (χ4n) is 4.54. The van der Waals surface area contributed by atoms with E-state index in [4.69, 9.17) is 4.74 Å². The van der Waals surface area contributed by atoms with Crippen molar-refractivity contribution in [2.24, 2.45) is 0 Å². The highest BCUT2D eigenvalue weighted by molar-refractivity contribution is 5.61. The SMILES string of the molecule is CC(C)(C)c1cc(OCCCCCCCCCC[n+]2ccc(-c3ccncc3)cc2)cc(C(C)(C)C)c1. The summed E-state index contributed by atoms with van der Waals surface area (Å²) in [6, 6.07) is 15.3. The Kier molecular flexibility index (Phi) is 10.7. The third kappa shape index (κ3) is 9.95. The average Bonchev–Trinajstić information content (AvgIpc) is 2.87. The minimum Gasteiger partial charge on any atom is -0.494 e. The number of benzene rings is 1. The summed E-state index contributed by atoms with van der Waals surface area (Å²) in [6.45, 7) is 15.6. The molecule has 0 saturated heterocycles. The first-order valence-electron chi connectivity index (χ1n) is 14.3. The van der Waals surface area contributed by atoms with Crippen LogP contribution in [0.5, 0.6) is 5.75 Å². The molecule has 3 rings (SSSR count). The first-order chi connectivity index (χ1) is 17.6. The molecule has 3 nitrogen and oxygen atoms in total. The molecule has 0 N–H and O–H groups in total. The number of pyridine rings is 2. The molecular weight excluding hydrogens is 452 g/mol. The monoisotopic (exact) mass is 501 g/mol. The van der Waals surface area contributed by atoms with Gasteiger partial charge in [-0.05, 0) is 70.2 Å². The zero-order valence-corrected chi connectivity index (χ0v) is 24.2. The van der Waals surface area contributed by atoms with Gasteiger partial charge in [0.25, 0.3) is 0 Å². The van der Waals surface area contributed by atoms with Crippen molar-refractivity contribution in [3.63, 3.8) is 0 Å². The number of rotatable bonds is 13. The van der Waals surface area contributed by atoms with Crippen molar-refractivity contribution in [2.75, 3.05) is 6.61 Å². The number of ether oxygens (including phenoxy) is 1. The van der Waals surface area contributed by atoms with Crippen LogP contribution in [0, 0.1) is 0 Å². The number of nitrogens with zero attached hydrogens (tertiary/aromatic N) is 2. The Morgan fingerprint density at radius 3 is 1.65 bits per heavy atom. The first kappa shape index (κ1) is 28.9. The molecule has 0 aliphatic heterocycles. The molecule has 3 heteroatoms. The normalized spacial score (nSPS) is 12.1. The topological polar surface area (TPSA) is 26.0 Å². The van der Waals surface area contributed by atoms with Gasteiger partial charge in [0.05, 0.1) is 6.61 Å². The average molecular weight is 502 g/mol. The Bertz CT molecular complexity index is 1030. The predicted molar refractivity (Wildman–Crippen MR) is 156 cm³/mol. The van der Waals surface area contributed by atoms with Crippen LogP contribution in [0.2, 0.25) is 0 Å². The molecule has 0 saturated carbocycles. The summed E-state index contributed by atoms with van der Waals surface area (Å²) in [6.07, 6.45) is 18.4. The lowest BCUT2D eigenvalue weighted by molar-refractivity contribution is -0.697. The number of unbranched alkanes of at least 4 members (excludes halogenated alkanes) is 7. The van der Waals surface area contributed by atoms with E-state index in [1.165, 1.54) is 67.2 Å². The smallest absolute Gasteiger partial charge is 0.169 e. The highest BCUT2D eigenvalue weighted by Gasteiger charge is 2.20. The maximum Gasteiger partial charge on any atom is 0.169 e. The second-order valence-electron chi connectivity index (χ2n) is 12.5. The van der Waals surface area contributed by atoms with Crippen LogP contribution < -0.4 is 9.30 Å². The zero-order chi connectivity index (χ0) is 26.7. The van der Waals surface area contributed by atoms with E-state index in [0.29, 0.717) is 0 Å². The van der Waals surface area contributed by atoms with Gasteiger partial charge in [-0.15, -0.1) is 0 Å². The van der Waals surface area contributed by atoms with Crippen molar-refractivity contribution in [3.8, 4) is 16.9 Å². The highest BCUT2D eigenvalue weighted by atomic mass is 16.5. The Labute approximate surface area is 226 Å². The summed E-state index contributed by atoms with van der Waals surface area (Å²) < 4.78 is 8.50. The second-order valence-corrected chi connectivity index (χ2v) is 12.5. The van der Waals surface area contributed by atoms with Gasteiger partial charge in [-0.1, -0.05) is 79.7 Å². The van der Waals surface area contributed by atoms with Gasteiger partial charge in [-0.2, -0.15) is 0 Å². The standard InChI is InChI=1S/C34H49N2O/c1-33(2,3)30-25-31(34(4,5)6)27-32(26-30)37-24-14-12-10-8-7-9-11-13-21-36-22-17-29(18-23-36)28-15-19-35-20-16-28/h15-20,22-23,25-27H,7-14,21,24H2,1-6H3/q+1. The second kappa shape index (κ2) is 13.7. The number of aryl methyl sites for hydroxylation is 1. The third-order valence-electron chi connectivity index (χ3n) is 7.12. The summed E-state index contributed by atoms with van der Waals surface area (Å²) in [5.41, 5.74) is 5.44. The van der Waals surface area contributed by atoms with Crippen molar-refractivity contribution in [1.29, 1.82) is 0 Å². The molecule has 0 spiro atoms. The van der Waals surface area contributed by atoms with Gasteiger partial charge in [0.2, 0.25) is 0 Å². The van der Waals surface area contributed by atoms with Gasteiger partial charge >= 0.3 is 0 Å². The molecule has 0 aliphatic rings.